The normalized spacial score (nSPS) is 14.9. The summed E-state index contributed by atoms with van der Waals surface area (Å²) in [6.07, 6.45) is 7.60. The third-order valence-corrected chi connectivity index (χ3v) is 2.54. The molecule has 0 aliphatic rings. The molecule has 0 saturated heterocycles. The van der Waals surface area contributed by atoms with Crippen molar-refractivity contribution in [1.29, 1.82) is 0 Å². The zero-order valence-corrected chi connectivity index (χ0v) is 10.2. The maximum atomic E-state index is 5.70. The highest BCUT2D eigenvalue weighted by Gasteiger charge is 2.19. The monoisotopic (exact) mass is 214 g/mol. The van der Waals surface area contributed by atoms with Crippen LogP contribution in [0.3, 0.4) is 0 Å². The molecular formula is C12H26N2O. The molecule has 0 bridgehead atoms. The van der Waals surface area contributed by atoms with E-state index >= 15 is 0 Å². The Morgan fingerprint density at radius 3 is 2.60 bits per heavy atom. The minimum Gasteiger partial charge on any atom is -0.377 e. The summed E-state index contributed by atoms with van der Waals surface area (Å²) in [6.45, 7) is 8.67. The number of allylic oxidation sites excluding steroid dienone is 1. The molecule has 0 aliphatic heterocycles. The van der Waals surface area contributed by atoms with Crippen molar-refractivity contribution in [3.63, 3.8) is 0 Å². The largest absolute Gasteiger partial charge is 0.377 e. The first-order valence-electron chi connectivity index (χ1n) is 5.98. The van der Waals surface area contributed by atoms with Crippen LogP contribution in [-0.4, -0.2) is 18.8 Å². The molecule has 90 valence electrons. The molecule has 3 nitrogen and oxygen atoms in total. The SMILES string of the molecule is C=CCCCC(NN)C(CCC)OCC. The predicted octanol–water partition coefficient (Wildman–Crippen LogP) is 2.38. The molecule has 0 saturated carbocycles. The van der Waals surface area contributed by atoms with Gasteiger partial charge >= 0.3 is 0 Å². The Kier molecular flexibility index (Phi) is 9.89. The van der Waals surface area contributed by atoms with Crippen molar-refractivity contribution in [2.75, 3.05) is 6.61 Å². The van der Waals surface area contributed by atoms with Crippen LogP contribution in [0.25, 0.3) is 0 Å². The number of hydrogen-bond acceptors (Lipinski definition) is 3. The van der Waals surface area contributed by atoms with E-state index in [9.17, 15) is 0 Å². The van der Waals surface area contributed by atoms with Crippen LogP contribution in [0.15, 0.2) is 12.7 Å². The van der Waals surface area contributed by atoms with Crippen LogP contribution in [0.4, 0.5) is 0 Å². The molecule has 0 aromatic heterocycles. The lowest BCUT2D eigenvalue weighted by Gasteiger charge is -2.26. The van der Waals surface area contributed by atoms with E-state index in [4.69, 9.17) is 10.6 Å². The van der Waals surface area contributed by atoms with Gasteiger partial charge in [0.05, 0.1) is 6.10 Å². The molecule has 0 aliphatic carbocycles. The fraction of sp³-hybridized carbons (Fsp3) is 0.833. The molecule has 3 N–H and O–H groups in total. The molecule has 3 heteroatoms. The van der Waals surface area contributed by atoms with Crippen molar-refractivity contribution in [2.24, 2.45) is 5.84 Å². The summed E-state index contributed by atoms with van der Waals surface area (Å²) in [5.41, 5.74) is 2.87. The van der Waals surface area contributed by atoms with E-state index in [-0.39, 0.29) is 12.1 Å². The lowest BCUT2D eigenvalue weighted by molar-refractivity contribution is 0.0255. The Bertz CT molecular complexity index is 145. The van der Waals surface area contributed by atoms with Crippen molar-refractivity contribution < 1.29 is 4.74 Å². The third-order valence-electron chi connectivity index (χ3n) is 2.54. The fourth-order valence-electron chi connectivity index (χ4n) is 1.76. The van der Waals surface area contributed by atoms with Crippen molar-refractivity contribution in [3.05, 3.63) is 12.7 Å². The lowest BCUT2D eigenvalue weighted by Crippen LogP contribution is -2.45. The van der Waals surface area contributed by atoms with Gasteiger partial charge in [0.25, 0.3) is 0 Å². The van der Waals surface area contributed by atoms with Gasteiger partial charge in [0.2, 0.25) is 0 Å². The zero-order chi connectivity index (χ0) is 11.5. The molecule has 0 rings (SSSR count). The van der Waals surface area contributed by atoms with E-state index in [1.165, 1.54) is 0 Å². The summed E-state index contributed by atoms with van der Waals surface area (Å²) in [5.74, 6) is 5.56. The van der Waals surface area contributed by atoms with Gasteiger partial charge in [-0.05, 0) is 32.6 Å². The molecule has 2 atom stereocenters. The molecular weight excluding hydrogens is 188 g/mol. The fourth-order valence-corrected chi connectivity index (χ4v) is 1.76. The Labute approximate surface area is 94.0 Å². The highest BCUT2D eigenvalue weighted by Crippen LogP contribution is 2.12. The van der Waals surface area contributed by atoms with Gasteiger partial charge in [-0.15, -0.1) is 6.58 Å². The smallest absolute Gasteiger partial charge is 0.0741 e. The second-order valence-corrected chi connectivity index (χ2v) is 3.78. The highest BCUT2D eigenvalue weighted by atomic mass is 16.5. The van der Waals surface area contributed by atoms with Gasteiger partial charge in [0.1, 0.15) is 0 Å². The minimum absolute atomic E-state index is 0.245. The van der Waals surface area contributed by atoms with E-state index in [2.05, 4.69) is 18.9 Å². The second-order valence-electron chi connectivity index (χ2n) is 3.78. The van der Waals surface area contributed by atoms with Crippen molar-refractivity contribution in [2.45, 2.75) is 58.1 Å². The summed E-state index contributed by atoms with van der Waals surface area (Å²) in [7, 11) is 0. The van der Waals surface area contributed by atoms with Crippen molar-refractivity contribution >= 4 is 0 Å². The number of nitrogens with one attached hydrogen (secondary N) is 1. The number of rotatable bonds is 10. The Balaban J connectivity index is 3.98. The maximum Gasteiger partial charge on any atom is 0.0741 e. The number of nitrogens with two attached hydrogens (primary N) is 1. The van der Waals surface area contributed by atoms with E-state index in [0.717, 1.165) is 38.7 Å². The van der Waals surface area contributed by atoms with E-state index in [0.29, 0.717) is 0 Å². The number of ether oxygens (including phenoxy) is 1. The van der Waals surface area contributed by atoms with Gasteiger partial charge in [-0.3, -0.25) is 11.3 Å². The number of hydrogen-bond donors (Lipinski definition) is 2. The summed E-state index contributed by atoms with van der Waals surface area (Å²) < 4.78 is 5.70. The lowest BCUT2D eigenvalue weighted by atomic mass is 10.0. The van der Waals surface area contributed by atoms with Crippen LogP contribution in [0.2, 0.25) is 0 Å². The van der Waals surface area contributed by atoms with Gasteiger partial charge < -0.3 is 4.74 Å². The predicted molar refractivity (Wildman–Crippen MR) is 65.5 cm³/mol. The standard InChI is InChI=1S/C12H26N2O/c1-4-7-8-10-11(14-13)12(9-5-2)15-6-3/h4,11-12,14H,1,5-10,13H2,2-3H3. The molecule has 0 aromatic carbocycles. The quantitative estimate of drug-likeness (QED) is 0.254. The summed E-state index contributed by atoms with van der Waals surface area (Å²) in [5, 5.41) is 0. The summed E-state index contributed by atoms with van der Waals surface area (Å²) in [4.78, 5) is 0. The van der Waals surface area contributed by atoms with E-state index in [1.54, 1.807) is 0 Å². The van der Waals surface area contributed by atoms with Crippen LogP contribution in [0.1, 0.15) is 46.0 Å². The molecule has 0 heterocycles. The maximum absolute atomic E-state index is 5.70. The topological polar surface area (TPSA) is 47.3 Å². The molecule has 0 fully saturated rings. The highest BCUT2D eigenvalue weighted by molar-refractivity contribution is 4.77. The van der Waals surface area contributed by atoms with Gasteiger partial charge in [0.15, 0.2) is 0 Å². The summed E-state index contributed by atoms with van der Waals surface area (Å²) in [6, 6.07) is 0.268. The van der Waals surface area contributed by atoms with Gasteiger partial charge in [0, 0.05) is 12.6 Å². The Morgan fingerprint density at radius 1 is 1.40 bits per heavy atom. The van der Waals surface area contributed by atoms with Gasteiger partial charge in [-0.1, -0.05) is 19.4 Å². The van der Waals surface area contributed by atoms with Crippen LogP contribution in [0.5, 0.6) is 0 Å². The zero-order valence-electron chi connectivity index (χ0n) is 10.2. The molecule has 0 aromatic rings. The van der Waals surface area contributed by atoms with Crippen LogP contribution in [0, 0.1) is 0 Å². The molecule has 2 unspecified atom stereocenters. The second kappa shape index (κ2) is 10.1. The first kappa shape index (κ1) is 14.6. The van der Waals surface area contributed by atoms with Gasteiger partial charge in [-0.25, -0.2) is 0 Å². The van der Waals surface area contributed by atoms with Crippen molar-refractivity contribution in [3.8, 4) is 0 Å². The van der Waals surface area contributed by atoms with E-state index in [1.807, 2.05) is 13.0 Å². The number of hydrazine groups is 1. The molecule has 0 radical (unpaired) electrons. The Hall–Kier alpha value is -0.380. The number of unbranched alkanes of at least 4 members (excludes halogenated alkanes) is 1. The average molecular weight is 214 g/mol. The molecule has 15 heavy (non-hydrogen) atoms. The minimum atomic E-state index is 0.245. The average Bonchev–Trinajstić information content (AvgIpc) is 2.24. The first-order valence-corrected chi connectivity index (χ1v) is 5.98. The van der Waals surface area contributed by atoms with Crippen LogP contribution >= 0.6 is 0 Å². The van der Waals surface area contributed by atoms with Crippen LogP contribution in [-0.2, 0) is 4.74 Å². The van der Waals surface area contributed by atoms with Gasteiger partial charge in [-0.2, -0.15) is 0 Å². The third kappa shape index (κ3) is 6.66. The molecule has 0 amide bonds. The first-order chi connectivity index (χ1) is 7.29. The molecule has 0 spiro atoms. The summed E-state index contributed by atoms with van der Waals surface area (Å²) >= 11 is 0. The Morgan fingerprint density at radius 2 is 2.13 bits per heavy atom. The van der Waals surface area contributed by atoms with Crippen molar-refractivity contribution in [1.82, 2.24) is 5.43 Å². The van der Waals surface area contributed by atoms with Crippen LogP contribution < -0.4 is 11.3 Å². The van der Waals surface area contributed by atoms with E-state index < -0.39 is 0 Å².